The summed E-state index contributed by atoms with van der Waals surface area (Å²) in [5, 5.41) is 16.5. The predicted molar refractivity (Wildman–Crippen MR) is 66.8 cm³/mol. The lowest BCUT2D eigenvalue weighted by Crippen LogP contribution is -2.36. The zero-order valence-electron chi connectivity index (χ0n) is 11.0. The van der Waals surface area contributed by atoms with E-state index >= 15 is 0 Å². The van der Waals surface area contributed by atoms with Gasteiger partial charge < -0.3 is 15.9 Å². The minimum absolute atomic E-state index is 0.0718. The molecule has 5 nitrogen and oxygen atoms in total. The first-order valence-corrected chi connectivity index (χ1v) is 6.06. The number of hydrogen-bond donors (Lipinski definition) is 3. The van der Waals surface area contributed by atoms with E-state index in [1.165, 1.54) is 0 Å². The van der Waals surface area contributed by atoms with E-state index in [0.717, 1.165) is 25.7 Å². The fraction of sp³-hybridized carbons (Fsp3) is 0.833. The van der Waals surface area contributed by atoms with Crippen molar-refractivity contribution < 1.29 is 19.8 Å². The Morgan fingerprint density at radius 1 is 1.18 bits per heavy atom. The van der Waals surface area contributed by atoms with E-state index in [-0.39, 0.29) is 5.92 Å². The first-order valence-electron chi connectivity index (χ1n) is 6.06. The summed E-state index contributed by atoms with van der Waals surface area (Å²) in [6.07, 6.45) is 4.09. The van der Waals surface area contributed by atoms with Gasteiger partial charge in [0.05, 0.1) is 0 Å². The van der Waals surface area contributed by atoms with Crippen LogP contribution in [0.1, 0.15) is 52.9 Å². The summed E-state index contributed by atoms with van der Waals surface area (Å²) in [5.41, 5.74) is 5.27. The monoisotopic (exact) mass is 247 g/mol. The number of carbonyl (C=O) groups is 2. The lowest BCUT2D eigenvalue weighted by atomic mass is 10.0. The van der Waals surface area contributed by atoms with Crippen LogP contribution in [0, 0.1) is 5.92 Å². The summed E-state index contributed by atoms with van der Waals surface area (Å²) in [5.74, 6) is -1.52. The first-order chi connectivity index (χ1) is 7.86. The van der Waals surface area contributed by atoms with E-state index in [9.17, 15) is 9.59 Å². The third kappa shape index (κ3) is 12.8. The quantitative estimate of drug-likeness (QED) is 0.598. The number of rotatable bonds is 7. The van der Waals surface area contributed by atoms with Gasteiger partial charge in [-0.3, -0.25) is 9.59 Å². The summed E-state index contributed by atoms with van der Waals surface area (Å²) in [4.78, 5) is 20.0. The molecule has 4 N–H and O–H groups in total. The molecule has 2 atom stereocenters. The van der Waals surface area contributed by atoms with Crippen molar-refractivity contribution in [2.45, 2.75) is 58.9 Å². The van der Waals surface area contributed by atoms with Crippen molar-refractivity contribution >= 4 is 11.9 Å². The maximum atomic E-state index is 10.2. The number of carboxylic acids is 2. The van der Waals surface area contributed by atoms with E-state index in [2.05, 4.69) is 6.92 Å². The maximum absolute atomic E-state index is 10.2. The predicted octanol–water partition coefficient (Wildman–Crippen LogP) is 2.10. The molecule has 102 valence electrons. The summed E-state index contributed by atoms with van der Waals surface area (Å²) in [6.45, 7) is 5.81. The molecule has 0 aromatic rings. The second-order valence-corrected chi connectivity index (χ2v) is 4.10. The maximum Gasteiger partial charge on any atom is 0.320 e. The topological polar surface area (TPSA) is 101 Å². The van der Waals surface area contributed by atoms with Gasteiger partial charge in [-0.05, 0) is 12.3 Å². The number of unbranched alkanes of at least 4 members (excludes halogenated alkanes) is 2. The van der Waals surface area contributed by atoms with Crippen LogP contribution in [0.15, 0.2) is 0 Å². The van der Waals surface area contributed by atoms with Crippen LogP contribution in [0.25, 0.3) is 0 Å². The van der Waals surface area contributed by atoms with Crippen LogP contribution in [-0.2, 0) is 9.59 Å². The summed E-state index contributed by atoms with van der Waals surface area (Å²) in [7, 11) is 0. The smallest absolute Gasteiger partial charge is 0.320 e. The van der Waals surface area contributed by atoms with Gasteiger partial charge in [0.25, 0.3) is 0 Å². The second kappa shape index (κ2) is 11.4. The van der Waals surface area contributed by atoms with Gasteiger partial charge in [0.1, 0.15) is 6.04 Å². The average molecular weight is 247 g/mol. The molecule has 0 aromatic carbocycles. The van der Waals surface area contributed by atoms with E-state index < -0.39 is 18.0 Å². The molecule has 0 aliphatic carbocycles. The molecule has 17 heavy (non-hydrogen) atoms. The SMILES string of the molecule is CCC(C)C(N)C(=O)O.CCCCCC(=O)O. The third-order valence-corrected chi connectivity index (χ3v) is 2.54. The number of hydrogen-bond acceptors (Lipinski definition) is 3. The summed E-state index contributed by atoms with van der Waals surface area (Å²) >= 11 is 0. The van der Waals surface area contributed by atoms with Gasteiger partial charge in [0, 0.05) is 6.42 Å². The van der Waals surface area contributed by atoms with Gasteiger partial charge in [0.15, 0.2) is 0 Å². The van der Waals surface area contributed by atoms with E-state index in [1.54, 1.807) is 0 Å². The number of aliphatic carboxylic acids is 2. The largest absolute Gasteiger partial charge is 0.481 e. The van der Waals surface area contributed by atoms with Gasteiger partial charge in [-0.25, -0.2) is 0 Å². The van der Waals surface area contributed by atoms with Crippen molar-refractivity contribution in [3.63, 3.8) is 0 Å². The Labute approximate surface area is 103 Å². The summed E-state index contributed by atoms with van der Waals surface area (Å²) in [6, 6.07) is -0.699. The van der Waals surface area contributed by atoms with Crippen LogP contribution in [0.4, 0.5) is 0 Å². The van der Waals surface area contributed by atoms with Crippen molar-refractivity contribution in [1.82, 2.24) is 0 Å². The van der Waals surface area contributed by atoms with Crippen LogP contribution in [0.5, 0.6) is 0 Å². The Morgan fingerprint density at radius 2 is 1.71 bits per heavy atom. The van der Waals surface area contributed by atoms with Gasteiger partial charge in [0.2, 0.25) is 0 Å². The van der Waals surface area contributed by atoms with Crippen molar-refractivity contribution in [3.8, 4) is 0 Å². The highest BCUT2D eigenvalue weighted by Gasteiger charge is 2.17. The lowest BCUT2D eigenvalue weighted by Gasteiger charge is -2.11. The molecule has 0 amide bonds. The molecule has 0 bridgehead atoms. The Balaban J connectivity index is 0. The van der Waals surface area contributed by atoms with Crippen LogP contribution >= 0.6 is 0 Å². The van der Waals surface area contributed by atoms with Crippen LogP contribution in [-0.4, -0.2) is 28.2 Å². The Hall–Kier alpha value is -1.10. The minimum atomic E-state index is -0.913. The van der Waals surface area contributed by atoms with Crippen molar-refractivity contribution in [2.24, 2.45) is 11.7 Å². The van der Waals surface area contributed by atoms with Crippen LogP contribution in [0.3, 0.4) is 0 Å². The molecule has 0 aliphatic rings. The number of carboxylic acid groups (broad SMARTS) is 2. The molecule has 0 radical (unpaired) electrons. The molecule has 0 saturated heterocycles. The lowest BCUT2D eigenvalue weighted by molar-refractivity contribution is -0.140. The van der Waals surface area contributed by atoms with Crippen molar-refractivity contribution in [3.05, 3.63) is 0 Å². The van der Waals surface area contributed by atoms with Crippen molar-refractivity contribution in [2.75, 3.05) is 0 Å². The molecule has 0 heterocycles. The molecular formula is C12H25NO4. The number of nitrogens with two attached hydrogens (primary N) is 1. The molecule has 0 fully saturated rings. The highest BCUT2D eigenvalue weighted by Crippen LogP contribution is 2.04. The van der Waals surface area contributed by atoms with Gasteiger partial charge >= 0.3 is 11.9 Å². The molecule has 0 aliphatic heterocycles. The van der Waals surface area contributed by atoms with E-state index in [0.29, 0.717) is 6.42 Å². The Morgan fingerprint density at radius 3 is 1.94 bits per heavy atom. The third-order valence-electron chi connectivity index (χ3n) is 2.54. The molecular weight excluding hydrogens is 222 g/mol. The van der Waals surface area contributed by atoms with Crippen LogP contribution < -0.4 is 5.73 Å². The van der Waals surface area contributed by atoms with E-state index in [1.807, 2.05) is 13.8 Å². The minimum Gasteiger partial charge on any atom is -0.481 e. The highest BCUT2D eigenvalue weighted by molar-refractivity contribution is 5.73. The average Bonchev–Trinajstić information content (AvgIpc) is 2.27. The van der Waals surface area contributed by atoms with Crippen molar-refractivity contribution in [1.29, 1.82) is 0 Å². The molecule has 0 spiro atoms. The highest BCUT2D eigenvalue weighted by atomic mass is 16.4. The Kier molecular flexibility index (Phi) is 12.2. The molecule has 5 heteroatoms. The van der Waals surface area contributed by atoms with Gasteiger partial charge in [-0.15, -0.1) is 0 Å². The molecule has 2 unspecified atom stereocenters. The fourth-order valence-corrected chi connectivity index (χ4v) is 1.02. The first kappa shape index (κ1) is 18.3. The zero-order valence-corrected chi connectivity index (χ0v) is 11.0. The second-order valence-electron chi connectivity index (χ2n) is 4.10. The molecule has 0 aromatic heterocycles. The standard InChI is InChI=1S/C6H13NO2.C6H12O2/c1-3-4(2)5(7)6(8)9;1-2-3-4-5-6(7)8/h4-5H,3,7H2,1-2H3,(H,8,9);2-5H2,1H3,(H,7,8). The Bertz CT molecular complexity index is 219. The molecule has 0 saturated carbocycles. The van der Waals surface area contributed by atoms with Crippen LogP contribution in [0.2, 0.25) is 0 Å². The zero-order chi connectivity index (χ0) is 13.8. The van der Waals surface area contributed by atoms with Gasteiger partial charge in [-0.2, -0.15) is 0 Å². The summed E-state index contributed by atoms with van der Waals surface area (Å²) < 4.78 is 0. The normalized spacial score (nSPS) is 13.2. The molecule has 0 rings (SSSR count). The fourth-order valence-electron chi connectivity index (χ4n) is 1.02. The van der Waals surface area contributed by atoms with Gasteiger partial charge in [-0.1, -0.05) is 40.0 Å². The van der Waals surface area contributed by atoms with E-state index in [4.69, 9.17) is 15.9 Å².